The number of hydrogen-bond acceptors (Lipinski definition) is 5. The maximum Gasteiger partial charge on any atom is 0.410 e. The Hall–Kier alpha value is -2.39. The van der Waals surface area contributed by atoms with Crippen LogP contribution in [0.2, 0.25) is 0 Å². The standard InChI is InChI=1S/C20H24N2O4/c1-20(2,3)26-19(25)22-7-6-17(22)18(24)14-5-4-13-8-12(11-23)9-15(13)16(14)10-21/h4-5,11-12,17-18,24H,6-9H2,1-3H3. The van der Waals surface area contributed by atoms with Crippen LogP contribution in [0.1, 0.15) is 55.5 Å². The van der Waals surface area contributed by atoms with Gasteiger partial charge in [0.25, 0.3) is 0 Å². The van der Waals surface area contributed by atoms with E-state index in [4.69, 9.17) is 4.74 Å². The molecule has 0 bridgehead atoms. The number of aliphatic hydroxyl groups is 1. The van der Waals surface area contributed by atoms with Gasteiger partial charge in [0.1, 0.15) is 18.0 Å². The summed E-state index contributed by atoms with van der Waals surface area (Å²) in [6.45, 7) is 5.92. The van der Waals surface area contributed by atoms with Crippen LogP contribution in [0.15, 0.2) is 12.1 Å². The first kappa shape index (κ1) is 18.4. The van der Waals surface area contributed by atoms with Crippen molar-refractivity contribution < 1.29 is 19.4 Å². The van der Waals surface area contributed by atoms with Crippen molar-refractivity contribution in [3.8, 4) is 6.07 Å². The van der Waals surface area contributed by atoms with E-state index in [1.807, 2.05) is 6.07 Å². The van der Waals surface area contributed by atoms with Crippen molar-refractivity contribution in [3.63, 3.8) is 0 Å². The first-order valence-electron chi connectivity index (χ1n) is 8.93. The molecular formula is C20H24N2O4. The van der Waals surface area contributed by atoms with Crippen LogP contribution in [0.4, 0.5) is 4.79 Å². The first-order valence-corrected chi connectivity index (χ1v) is 8.93. The maximum absolute atomic E-state index is 12.3. The number of nitriles is 1. The highest BCUT2D eigenvalue weighted by Gasteiger charge is 2.41. The van der Waals surface area contributed by atoms with Crippen LogP contribution < -0.4 is 0 Å². The normalized spacial score (nSPS) is 22.8. The molecule has 3 atom stereocenters. The zero-order valence-corrected chi connectivity index (χ0v) is 15.4. The Kier molecular flexibility index (Phi) is 4.76. The van der Waals surface area contributed by atoms with Gasteiger partial charge in [0, 0.05) is 18.0 Å². The molecule has 1 aromatic carbocycles. The van der Waals surface area contributed by atoms with Crippen LogP contribution in [0.3, 0.4) is 0 Å². The summed E-state index contributed by atoms with van der Waals surface area (Å²) in [5, 5.41) is 20.5. The molecule has 6 heteroatoms. The van der Waals surface area contributed by atoms with Crippen LogP contribution in [-0.4, -0.2) is 40.6 Å². The molecule has 1 fully saturated rings. The zero-order chi connectivity index (χ0) is 19.1. The highest BCUT2D eigenvalue weighted by molar-refractivity contribution is 5.70. The Labute approximate surface area is 153 Å². The highest BCUT2D eigenvalue weighted by atomic mass is 16.6. The molecule has 6 nitrogen and oxygen atoms in total. The number of carbonyl (C=O) groups is 2. The first-order chi connectivity index (χ1) is 12.2. The van der Waals surface area contributed by atoms with E-state index in [0.717, 1.165) is 17.4 Å². The number of ether oxygens (including phenoxy) is 1. The van der Waals surface area contributed by atoms with Crippen LogP contribution in [0, 0.1) is 17.2 Å². The molecular weight excluding hydrogens is 332 g/mol. The average Bonchev–Trinajstić information content (AvgIpc) is 2.93. The predicted molar refractivity (Wildman–Crippen MR) is 94.4 cm³/mol. The Bertz CT molecular complexity index is 775. The minimum Gasteiger partial charge on any atom is -0.444 e. The summed E-state index contributed by atoms with van der Waals surface area (Å²) in [7, 11) is 0. The summed E-state index contributed by atoms with van der Waals surface area (Å²) in [5.74, 6) is -0.105. The van der Waals surface area contributed by atoms with Crippen LogP contribution in [-0.2, 0) is 22.4 Å². The Morgan fingerprint density at radius 1 is 1.42 bits per heavy atom. The van der Waals surface area contributed by atoms with Gasteiger partial charge < -0.3 is 19.5 Å². The zero-order valence-electron chi connectivity index (χ0n) is 15.4. The monoisotopic (exact) mass is 356 g/mol. The van der Waals surface area contributed by atoms with Gasteiger partial charge in [-0.3, -0.25) is 0 Å². The molecule has 0 saturated carbocycles. The van der Waals surface area contributed by atoms with Gasteiger partial charge in [-0.25, -0.2) is 4.79 Å². The number of hydrogen-bond donors (Lipinski definition) is 1. The van der Waals surface area contributed by atoms with E-state index in [1.165, 1.54) is 4.90 Å². The molecule has 1 aliphatic carbocycles. The number of amides is 1. The minimum absolute atomic E-state index is 0.105. The lowest BCUT2D eigenvalue weighted by Crippen LogP contribution is -2.55. The minimum atomic E-state index is -0.952. The fourth-order valence-electron chi connectivity index (χ4n) is 3.72. The van der Waals surface area contributed by atoms with E-state index in [2.05, 4.69) is 6.07 Å². The summed E-state index contributed by atoms with van der Waals surface area (Å²) in [5.41, 5.74) is 2.21. The van der Waals surface area contributed by atoms with E-state index >= 15 is 0 Å². The number of aldehydes is 1. The number of aliphatic hydroxyl groups excluding tert-OH is 1. The highest BCUT2D eigenvalue weighted by Crippen LogP contribution is 2.37. The van der Waals surface area contributed by atoms with Crippen molar-refractivity contribution in [2.24, 2.45) is 5.92 Å². The Balaban J connectivity index is 1.83. The number of benzene rings is 1. The Morgan fingerprint density at radius 3 is 2.69 bits per heavy atom. The number of likely N-dealkylation sites (tertiary alicyclic amines) is 1. The number of fused-ring (bicyclic) bond motifs is 1. The lowest BCUT2D eigenvalue weighted by molar-refractivity contribution is -0.110. The van der Waals surface area contributed by atoms with Gasteiger partial charge in [-0.2, -0.15) is 5.26 Å². The molecule has 1 saturated heterocycles. The van der Waals surface area contributed by atoms with E-state index in [9.17, 15) is 20.0 Å². The molecule has 26 heavy (non-hydrogen) atoms. The molecule has 1 N–H and O–H groups in total. The smallest absolute Gasteiger partial charge is 0.410 e. The van der Waals surface area contributed by atoms with Crippen molar-refractivity contribution in [2.45, 2.75) is 57.8 Å². The van der Waals surface area contributed by atoms with E-state index < -0.39 is 23.8 Å². The SMILES string of the molecule is CC(C)(C)OC(=O)N1CCC1C(O)c1ccc2c(c1C#N)CC(C=O)C2. The second-order valence-corrected chi connectivity index (χ2v) is 8.06. The van der Waals surface area contributed by atoms with E-state index in [0.29, 0.717) is 36.9 Å². The van der Waals surface area contributed by atoms with E-state index in [-0.39, 0.29) is 5.92 Å². The van der Waals surface area contributed by atoms with Crippen LogP contribution in [0.5, 0.6) is 0 Å². The molecule has 1 aromatic rings. The van der Waals surface area contributed by atoms with Crippen molar-refractivity contribution >= 4 is 12.4 Å². The molecule has 3 rings (SSSR count). The third-order valence-electron chi connectivity index (χ3n) is 5.07. The van der Waals surface area contributed by atoms with Crippen molar-refractivity contribution in [1.82, 2.24) is 4.90 Å². The summed E-state index contributed by atoms with van der Waals surface area (Å²) in [6.07, 6.45) is 1.34. The molecule has 2 aliphatic rings. The largest absolute Gasteiger partial charge is 0.444 e. The fourth-order valence-corrected chi connectivity index (χ4v) is 3.72. The predicted octanol–water partition coefficient (Wildman–Crippen LogP) is 2.51. The van der Waals surface area contributed by atoms with Crippen LogP contribution in [0.25, 0.3) is 0 Å². The van der Waals surface area contributed by atoms with Gasteiger partial charge in [0.2, 0.25) is 0 Å². The maximum atomic E-state index is 12.3. The molecule has 0 aromatic heterocycles. The third kappa shape index (κ3) is 3.32. The van der Waals surface area contributed by atoms with Crippen molar-refractivity contribution in [2.75, 3.05) is 6.54 Å². The van der Waals surface area contributed by atoms with Crippen molar-refractivity contribution in [1.29, 1.82) is 5.26 Å². The molecule has 138 valence electrons. The third-order valence-corrected chi connectivity index (χ3v) is 5.07. The second-order valence-electron chi connectivity index (χ2n) is 8.06. The fraction of sp³-hybridized carbons (Fsp3) is 0.550. The lowest BCUT2D eigenvalue weighted by atomic mass is 9.87. The van der Waals surface area contributed by atoms with Gasteiger partial charge in [-0.1, -0.05) is 12.1 Å². The summed E-state index contributed by atoms with van der Waals surface area (Å²) >= 11 is 0. The van der Waals surface area contributed by atoms with Crippen LogP contribution >= 0.6 is 0 Å². The molecule has 1 aliphatic heterocycles. The van der Waals surface area contributed by atoms with Gasteiger partial charge >= 0.3 is 6.09 Å². The van der Waals surface area contributed by atoms with Gasteiger partial charge in [0.15, 0.2) is 0 Å². The molecule has 0 radical (unpaired) electrons. The average molecular weight is 356 g/mol. The van der Waals surface area contributed by atoms with Gasteiger partial charge in [0.05, 0.1) is 17.7 Å². The second kappa shape index (κ2) is 6.73. The molecule has 1 heterocycles. The number of nitrogens with zero attached hydrogens (tertiary/aromatic N) is 2. The topological polar surface area (TPSA) is 90.6 Å². The quantitative estimate of drug-likeness (QED) is 0.841. The molecule has 0 spiro atoms. The lowest BCUT2D eigenvalue weighted by Gasteiger charge is -2.44. The number of carbonyl (C=O) groups excluding carboxylic acids is 2. The molecule has 1 amide bonds. The summed E-state index contributed by atoms with van der Waals surface area (Å²) in [6, 6.07) is 5.43. The summed E-state index contributed by atoms with van der Waals surface area (Å²) in [4.78, 5) is 24.9. The van der Waals surface area contributed by atoms with Gasteiger partial charge in [-0.05, 0) is 51.2 Å². The number of rotatable bonds is 3. The Morgan fingerprint density at radius 2 is 2.15 bits per heavy atom. The van der Waals surface area contributed by atoms with E-state index in [1.54, 1.807) is 26.8 Å². The molecule has 3 unspecified atom stereocenters. The summed E-state index contributed by atoms with van der Waals surface area (Å²) < 4.78 is 5.39. The van der Waals surface area contributed by atoms with Crippen molar-refractivity contribution in [3.05, 3.63) is 34.4 Å². The van der Waals surface area contributed by atoms with Gasteiger partial charge in [-0.15, -0.1) is 0 Å².